The van der Waals surface area contributed by atoms with Gasteiger partial charge in [-0.15, -0.1) is 24.8 Å². The normalized spacial score (nSPS) is 43.3. The molecule has 6 nitrogen and oxygen atoms in total. The molecule has 0 saturated carbocycles. The smallest absolute Gasteiger partial charge is 0.314 e. The fraction of sp³-hybridized carbons (Fsp3) is 0.500. The van der Waals surface area contributed by atoms with Crippen LogP contribution in [0.4, 0.5) is 0 Å². The summed E-state index contributed by atoms with van der Waals surface area (Å²) in [4.78, 5) is 24.8. The summed E-state index contributed by atoms with van der Waals surface area (Å²) in [5.41, 5.74) is 0.222. The van der Waals surface area contributed by atoms with Crippen LogP contribution in [0, 0.1) is 0 Å². The van der Waals surface area contributed by atoms with Gasteiger partial charge in [0.05, 0.1) is 26.1 Å². The molecule has 4 rings (SSSR count). The zero-order chi connectivity index (χ0) is 40.4. The quantitative estimate of drug-likeness (QED) is 0.486. The number of esters is 2. The molecule has 2 saturated heterocycles. The molecule has 0 aliphatic carbocycles. The lowest BCUT2D eigenvalue weighted by Gasteiger charge is -2.29. The Morgan fingerprint density at radius 3 is 1.44 bits per heavy atom. The molecular weight excluding hydrogens is 499 g/mol. The predicted octanol–water partition coefficient (Wildman–Crippen LogP) is 5.01. The number of hydrogen-bond donors (Lipinski definition) is 2. The van der Waals surface area contributed by atoms with Crippen LogP contribution < -0.4 is 10.6 Å². The summed E-state index contributed by atoms with van der Waals surface area (Å²) in [5, 5.41) is 3.86. The van der Waals surface area contributed by atoms with Crippen molar-refractivity contribution in [2.45, 2.75) is 62.1 Å². The summed E-state index contributed by atoms with van der Waals surface area (Å²) in [6.07, 6.45) is -20.1. The molecule has 0 spiro atoms. The lowest BCUT2D eigenvalue weighted by atomic mass is 9.86. The van der Waals surface area contributed by atoms with Crippen LogP contribution >= 0.6 is 24.8 Å². The van der Waals surface area contributed by atoms with E-state index >= 15 is 0 Å². The Morgan fingerprint density at radius 1 is 0.750 bits per heavy atom. The van der Waals surface area contributed by atoms with Gasteiger partial charge in [-0.05, 0) is 49.6 Å². The Bertz CT molecular complexity index is 1520. The molecule has 0 aromatic heterocycles. The largest absolute Gasteiger partial charge is 0.469 e. The third-order valence-corrected chi connectivity index (χ3v) is 4.76. The van der Waals surface area contributed by atoms with E-state index in [4.69, 9.17) is 24.7 Å². The van der Waals surface area contributed by atoms with E-state index in [1.165, 1.54) is 48.5 Å². The minimum absolute atomic E-state index is 0. The molecule has 0 radical (unpaired) electrons. The Labute approximate surface area is 253 Å². The van der Waals surface area contributed by atoms with Crippen LogP contribution in [0.1, 0.15) is 85.9 Å². The van der Waals surface area contributed by atoms with Gasteiger partial charge in [0.2, 0.25) is 0 Å². The highest BCUT2D eigenvalue weighted by atomic mass is 35.5. The van der Waals surface area contributed by atoms with Gasteiger partial charge < -0.3 is 20.1 Å². The molecule has 2 aromatic carbocycles. The Balaban J connectivity index is 0.000000521. The molecule has 2 aromatic rings. The van der Waals surface area contributed by atoms with Crippen molar-refractivity contribution in [3.05, 3.63) is 71.8 Å². The Morgan fingerprint density at radius 2 is 1.11 bits per heavy atom. The maximum absolute atomic E-state index is 12.4. The summed E-state index contributed by atoms with van der Waals surface area (Å²) in [7, 11) is 2.03. The number of benzene rings is 2. The van der Waals surface area contributed by atoms with Gasteiger partial charge in [0.25, 0.3) is 0 Å². The number of ether oxygens (including phenoxy) is 2. The molecule has 0 unspecified atom stereocenters. The molecule has 2 heterocycles. The van der Waals surface area contributed by atoms with Crippen molar-refractivity contribution in [1.82, 2.24) is 10.6 Å². The van der Waals surface area contributed by atoms with Crippen LogP contribution in [0.25, 0.3) is 0 Å². The van der Waals surface area contributed by atoms with Crippen molar-refractivity contribution in [3.63, 3.8) is 0 Å². The second-order valence-corrected chi connectivity index (χ2v) is 6.81. The topological polar surface area (TPSA) is 76.7 Å². The van der Waals surface area contributed by atoms with E-state index in [0.29, 0.717) is 0 Å². The lowest BCUT2D eigenvalue weighted by Crippen LogP contribution is -2.42. The van der Waals surface area contributed by atoms with Crippen LogP contribution in [0.5, 0.6) is 0 Å². The first-order valence-electron chi connectivity index (χ1n) is 19.2. The molecular formula is C28H40Cl2N2O4. The number of nitrogens with one attached hydrogen (secondary N) is 2. The summed E-state index contributed by atoms with van der Waals surface area (Å²) in [6.45, 7) is -6.27. The summed E-state index contributed by atoms with van der Waals surface area (Å²) in [5.74, 6) is -5.64. The Hall–Kier alpha value is -2.12. The van der Waals surface area contributed by atoms with Crippen LogP contribution in [0.2, 0.25) is 0 Å². The van der Waals surface area contributed by atoms with Crippen molar-refractivity contribution in [2.24, 2.45) is 0 Å². The number of rotatable bonds is 6. The number of methoxy groups -OCH3 is 2. The minimum Gasteiger partial charge on any atom is -0.469 e. The second kappa shape index (κ2) is 17.4. The number of halogens is 2. The number of carbonyl (C=O) groups is 2. The van der Waals surface area contributed by atoms with E-state index in [1.54, 1.807) is 12.1 Å². The first kappa shape index (κ1) is 13.6. The number of piperidine rings is 2. The van der Waals surface area contributed by atoms with Gasteiger partial charge in [-0.25, -0.2) is 0 Å². The predicted molar refractivity (Wildman–Crippen MR) is 148 cm³/mol. The highest BCUT2D eigenvalue weighted by Gasteiger charge is 2.32. The summed E-state index contributed by atoms with van der Waals surface area (Å²) in [6, 6.07) is 9.18. The average Bonchev–Trinajstić information content (AvgIpc) is 3.03. The van der Waals surface area contributed by atoms with E-state index in [-0.39, 0.29) is 35.9 Å². The first-order valence-corrected chi connectivity index (χ1v) is 10.2. The molecule has 2 N–H and O–H groups in total. The van der Waals surface area contributed by atoms with Crippen molar-refractivity contribution in [2.75, 3.05) is 27.2 Å². The lowest BCUT2D eigenvalue weighted by molar-refractivity contribution is -0.144. The monoisotopic (exact) mass is 556 g/mol. The van der Waals surface area contributed by atoms with E-state index in [1.807, 2.05) is 10.6 Å². The summed E-state index contributed by atoms with van der Waals surface area (Å²) >= 11 is 0. The zero-order valence-electron chi connectivity index (χ0n) is 37.4. The van der Waals surface area contributed by atoms with Crippen LogP contribution in [0.15, 0.2) is 60.7 Å². The van der Waals surface area contributed by atoms with Gasteiger partial charge in [-0.2, -0.15) is 0 Å². The summed E-state index contributed by atoms with van der Waals surface area (Å²) < 4.78 is 154. The molecule has 8 heteroatoms. The highest BCUT2D eigenvalue weighted by Crippen LogP contribution is 2.27. The molecule has 0 amide bonds. The Kier molecular flexibility index (Phi) is 6.56. The molecule has 2 aliphatic heterocycles. The maximum atomic E-state index is 12.4. The standard InChI is InChI=1S/2C14H19NO2.2ClH/c2*1-17-14(16)13(11-7-3-2-4-8-11)12-9-5-6-10-15-12;;/h2*2-4,7-8,12-13,15H,5-6,9-10H2,1H3;2*1H/t12-,13+;12-,13-;;/m10../s1/i2*5D2,6D2,9D2,10D2,12D;;. The first-order chi connectivity index (χ1) is 23.3. The van der Waals surface area contributed by atoms with Crippen molar-refractivity contribution < 1.29 is 43.7 Å². The average molecular weight is 558 g/mol. The third kappa shape index (κ3) is 9.07. The van der Waals surface area contributed by atoms with Gasteiger partial charge in [0.1, 0.15) is 0 Å². The SMILES string of the molecule is Cl.Cl.[2H]C1([2H])N[C@@]([2H])([C@@H](C(=O)OC)c2ccccc2)C([2H])([2H])C([2H])([2H])C1([2H])[2H].[2H]C1([2H])N[C@]([2H])([C@@H](C(=O)OC)c2ccccc2)C([2H])([2H])C([2H])([2H])C1([2H])[2H]. The molecule has 200 valence electrons. The highest BCUT2D eigenvalue weighted by molar-refractivity contribution is 5.85. The van der Waals surface area contributed by atoms with E-state index in [9.17, 15) is 9.59 Å². The van der Waals surface area contributed by atoms with Crippen LogP contribution in [-0.2, 0) is 19.1 Å². The number of carbonyl (C=O) groups excluding carboxylic acids is 2. The van der Waals surface area contributed by atoms with Crippen molar-refractivity contribution >= 4 is 36.8 Å². The van der Waals surface area contributed by atoms with Gasteiger partial charge >= 0.3 is 11.9 Å². The van der Waals surface area contributed by atoms with Crippen molar-refractivity contribution in [1.29, 1.82) is 0 Å². The zero-order valence-corrected chi connectivity index (χ0v) is 21.0. The number of hydrogen-bond acceptors (Lipinski definition) is 6. The molecule has 2 aliphatic rings. The van der Waals surface area contributed by atoms with E-state index in [0.717, 1.165) is 14.2 Å². The van der Waals surface area contributed by atoms with E-state index in [2.05, 4.69) is 9.47 Å². The molecule has 4 atom stereocenters. The van der Waals surface area contributed by atoms with Gasteiger partial charge in [0.15, 0.2) is 0 Å². The molecule has 36 heavy (non-hydrogen) atoms. The van der Waals surface area contributed by atoms with Gasteiger partial charge in [-0.1, -0.05) is 73.4 Å². The van der Waals surface area contributed by atoms with Gasteiger partial charge in [0, 0.05) is 36.7 Å². The van der Waals surface area contributed by atoms with Crippen LogP contribution in [0.3, 0.4) is 0 Å². The third-order valence-electron chi connectivity index (χ3n) is 4.76. The fourth-order valence-electron chi connectivity index (χ4n) is 3.18. The minimum atomic E-state index is -3.43. The fourth-order valence-corrected chi connectivity index (χ4v) is 3.18. The molecule has 2 fully saturated rings. The van der Waals surface area contributed by atoms with Crippen molar-refractivity contribution in [3.8, 4) is 0 Å². The molecule has 0 bridgehead atoms. The maximum Gasteiger partial charge on any atom is 0.314 e. The van der Waals surface area contributed by atoms with Gasteiger partial charge in [-0.3, -0.25) is 9.59 Å². The second-order valence-electron chi connectivity index (χ2n) is 6.81. The van der Waals surface area contributed by atoms with E-state index < -0.39 is 87.0 Å². The van der Waals surface area contributed by atoms with Crippen LogP contribution in [-0.4, -0.2) is 51.2 Å².